The second-order valence-corrected chi connectivity index (χ2v) is 9.48. The van der Waals surface area contributed by atoms with Crippen LogP contribution in [0.3, 0.4) is 0 Å². The van der Waals surface area contributed by atoms with E-state index in [1.807, 2.05) is 12.1 Å². The van der Waals surface area contributed by atoms with Crippen molar-refractivity contribution in [1.82, 2.24) is 0 Å². The fourth-order valence-electron chi connectivity index (χ4n) is 3.72. The van der Waals surface area contributed by atoms with Crippen molar-refractivity contribution in [3.8, 4) is 11.5 Å². The molecule has 2 nitrogen and oxygen atoms in total. The Morgan fingerprint density at radius 2 is 0.919 bits per heavy atom. The summed E-state index contributed by atoms with van der Waals surface area (Å²) in [6.07, 6.45) is 15.0. The molecule has 2 aliphatic carbocycles. The van der Waals surface area contributed by atoms with Gasteiger partial charge in [-0.25, -0.2) is 0 Å². The largest absolute Gasteiger partial charge is 0.508 e. The van der Waals surface area contributed by atoms with Crippen LogP contribution in [0.2, 0.25) is 0 Å². The van der Waals surface area contributed by atoms with Crippen LogP contribution in [0.5, 0.6) is 11.5 Å². The minimum absolute atomic E-state index is 0. The van der Waals surface area contributed by atoms with Gasteiger partial charge in [0.1, 0.15) is 11.5 Å². The molecular weight excluding hydrogens is 532 g/mol. The van der Waals surface area contributed by atoms with Crippen LogP contribution in [0.4, 0.5) is 0 Å². The zero-order valence-corrected chi connectivity index (χ0v) is 26.9. The van der Waals surface area contributed by atoms with E-state index >= 15 is 0 Å². The van der Waals surface area contributed by atoms with E-state index in [4.69, 9.17) is 0 Å². The molecule has 4 rings (SSSR count). The molecule has 0 saturated carbocycles. The number of benzene rings is 2. The van der Waals surface area contributed by atoms with Gasteiger partial charge in [0.25, 0.3) is 0 Å². The fraction of sp³-hybridized carbons (Fsp3) is 0.412. The average molecular weight is 580 g/mol. The van der Waals surface area contributed by atoms with Gasteiger partial charge in [-0.1, -0.05) is 98.6 Å². The Morgan fingerprint density at radius 3 is 1.11 bits per heavy atom. The molecule has 37 heavy (non-hydrogen) atoms. The maximum atomic E-state index is 9.33. The van der Waals surface area contributed by atoms with Crippen molar-refractivity contribution >= 4 is 0 Å². The molecule has 2 aliphatic rings. The van der Waals surface area contributed by atoms with Gasteiger partial charge in [-0.3, -0.25) is 0 Å². The molecule has 0 unspecified atom stereocenters. The molecule has 2 aromatic rings. The summed E-state index contributed by atoms with van der Waals surface area (Å²) in [7, 11) is 0. The van der Waals surface area contributed by atoms with E-state index in [9.17, 15) is 10.2 Å². The van der Waals surface area contributed by atoms with Crippen LogP contribution >= 0.6 is 0 Å². The first-order valence-electron chi connectivity index (χ1n) is 13.4. The molecule has 0 bridgehead atoms. The third-order valence-electron chi connectivity index (χ3n) is 6.80. The molecule has 200 valence electrons. The van der Waals surface area contributed by atoms with Gasteiger partial charge >= 0.3 is 0 Å². The number of phenolic OH excluding ortho intramolecular Hbond substituents is 2. The van der Waals surface area contributed by atoms with E-state index < -0.39 is 0 Å². The number of allylic oxidation sites excluding steroid dienone is 8. The predicted octanol–water partition coefficient (Wildman–Crippen LogP) is 9.60. The van der Waals surface area contributed by atoms with E-state index in [0.29, 0.717) is 11.5 Å². The molecular formula is C34H48O2Zr. The molecule has 2 aromatic carbocycles. The van der Waals surface area contributed by atoms with Gasteiger partial charge in [-0.05, 0) is 101 Å². The van der Waals surface area contributed by atoms with Crippen molar-refractivity contribution in [1.29, 1.82) is 0 Å². The zero-order chi connectivity index (χ0) is 27.1. The molecule has 0 aliphatic heterocycles. The molecule has 3 heteroatoms. The summed E-state index contributed by atoms with van der Waals surface area (Å²) in [5.41, 5.74) is 10.6. The molecule has 0 heterocycles. The van der Waals surface area contributed by atoms with E-state index in [-0.39, 0.29) is 26.2 Å². The van der Waals surface area contributed by atoms with Crippen LogP contribution in [0.15, 0.2) is 83.0 Å². The van der Waals surface area contributed by atoms with Crippen LogP contribution in [0, 0.1) is 0 Å². The quantitative estimate of drug-likeness (QED) is 0.379. The summed E-state index contributed by atoms with van der Waals surface area (Å²) < 4.78 is 0. The first-order valence-corrected chi connectivity index (χ1v) is 13.4. The topological polar surface area (TPSA) is 40.5 Å². The van der Waals surface area contributed by atoms with Gasteiger partial charge in [-0.2, -0.15) is 0 Å². The van der Waals surface area contributed by atoms with Crippen molar-refractivity contribution < 1.29 is 36.4 Å². The van der Waals surface area contributed by atoms with Gasteiger partial charge in [0, 0.05) is 26.2 Å². The standard InChI is InChI=1S/2C10H14O.2C7H10.Zr/c2*1-3-8-5-6-10(11)9(4-2)7-8;2*1-6-4-3-5-7(6)2;/h2*5-7,11H,3-4H2,1-2H3;2*3-4H,5H2,1-2H3;. The Balaban J connectivity index is 0.000000473. The number of hydrogen-bond donors (Lipinski definition) is 2. The summed E-state index contributed by atoms with van der Waals surface area (Å²) in [5, 5.41) is 18.7. The van der Waals surface area contributed by atoms with Crippen molar-refractivity contribution in [2.75, 3.05) is 0 Å². The van der Waals surface area contributed by atoms with E-state index in [0.717, 1.165) is 36.8 Å². The molecule has 0 spiro atoms. The predicted molar refractivity (Wildman–Crippen MR) is 158 cm³/mol. The van der Waals surface area contributed by atoms with Crippen molar-refractivity contribution in [3.05, 3.63) is 105 Å². The summed E-state index contributed by atoms with van der Waals surface area (Å²) >= 11 is 0. The van der Waals surface area contributed by atoms with Gasteiger partial charge in [0.15, 0.2) is 0 Å². The van der Waals surface area contributed by atoms with Crippen molar-refractivity contribution in [2.24, 2.45) is 0 Å². The summed E-state index contributed by atoms with van der Waals surface area (Å²) in [4.78, 5) is 0. The first kappa shape index (κ1) is 34.9. The maximum Gasteiger partial charge on any atom is 0.118 e. The first-order chi connectivity index (χ1) is 17.2. The number of rotatable bonds is 4. The number of aryl methyl sites for hydroxylation is 4. The molecule has 0 saturated heterocycles. The third kappa shape index (κ3) is 12.8. The maximum absolute atomic E-state index is 9.33. The van der Waals surface area contributed by atoms with E-state index in [1.54, 1.807) is 12.1 Å². The second kappa shape index (κ2) is 19.0. The van der Waals surface area contributed by atoms with Gasteiger partial charge in [-0.15, -0.1) is 0 Å². The number of hydrogen-bond acceptors (Lipinski definition) is 2. The van der Waals surface area contributed by atoms with Gasteiger partial charge in [0.05, 0.1) is 0 Å². The van der Waals surface area contributed by atoms with Gasteiger partial charge in [0.2, 0.25) is 0 Å². The van der Waals surface area contributed by atoms with Crippen molar-refractivity contribution in [2.45, 2.75) is 93.9 Å². The third-order valence-corrected chi connectivity index (χ3v) is 6.80. The molecule has 0 atom stereocenters. The SMILES string of the molecule is CC1=C(C)CC=C1.CC1=C(C)CC=C1.CCc1ccc(O)c(CC)c1.CCc1ccc(O)c(CC)c1.[Zr]. The molecule has 0 radical (unpaired) electrons. The average Bonchev–Trinajstić information content (AvgIpc) is 3.46. The Kier molecular flexibility index (Phi) is 17.9. The van der Waals surface area contributed by atoms with Crippen LogP contribution in [-0.4, -0.2) is 10.2 Å². The fourth-order valence-corrected chi connectivity index (χ4v) is 3.72. The smallest absolute Gasteiger partial charge is 0.118 e. The summed E-state index contributed by atoms with van der Waals surface area (Å²) in [6, 6.07) is 11.6. The second-order valence-electron chi connectivity index (χ2n) is 9.48. The minimum atomic E-state index is 0. The monoisotopic (exact) mass is 578 g/mol. The molecule has 0 amide bonds. The minimum Gasteiger partial charge on any atom is -0.508 e. The Hall–Kier alpha value is -2.12. The van der Waals surface area contributed by atoms with E-state index in [2.05, 4.69) is 91.8 Å². The summed E-state index contributed by atoms with van der Waals surface area (Å²) in [6.45, 7) is 17.0. The number of phenols is 2. The number of aromatic hydroxyl groups is 2. The molecule has 0 aromatic heterocycles. The molecule has 2 N–H and O–H groups in total. The van der Waals surface area contributed by atoms with Gasteiger partial charge < -0.3 is 10.2 Å². The van der Waals surface area contributed by atoms with Crippen LogP contribution < -0.4 is 0 Å². The Bertz CT molecular complexity index is 999. The van der Waals surface area contributed by atoms with E-state index in [1.165, 1.54) is 46.3 Å². The van der Waals surface area contributed by atoms with Crippen LogP contribution in [0.25, 0.3) is 0 Å². The Labute approximate surface area is 246 Å². The normalized spacial score (nSPS) is 13.2. The van der Waals surface area contributed by atoms with Crippen molar-refractivity contribution in [3.63, 3.8) is 0 Å². The van der Waals surface area contributed by atoms with Crippen LogP contribution in [0.1, 0.15) is 90.5 Å². The Morgan fingerprint density at radius 1 is 0.568 bits per heavy atom. The zero-order valence-electron chi connectivity index (χ0n) is 24.4. The molecule has 0 fully saturated rings. The summed E-state index contributed by atoms with van der Waals surface area (Å²) in [5.74, 6) is 0.842. The van der Waals surface area contributed by atoms with Crippen LogP contribution in [-0.2, 0) is 51.9 Å².